The van der Waals surface area contributed by atoms with E-state index in [9.17, 15) is 5.26 Å². The van der Waals surface area contributed by atoms with Crippen LogP contribution in [0.2, 0.25) is 0 Å². The van der Waals surface area contributed by atoms with Crippen LogP contribution in [-0.4, -0.2) is 0 Å². The van der Waals surface area contributed by atoms with Crippen LogP contribution in [0.3, 0.4) is 0 Å². The van der Waals surface area contributed by atoms with Gasteiger partial charge in [0.05, 0.1) is 11.5 Å². The first-order chi connectivity index (χ1) is 13.2. The van der Waals surface area contributed by atoms with Gasteiger partial charge in [0.1, 0.15) is 0 Å². The molecule has 2 fully saturated rings. The van der Waals surface area contributed by atoms with Crippen molar-refractivity contribution in [3.63, 3.8) is 0 Å². The minimum atomic E-state index is -0.0262. The maximum Gasteiger partial charge on any atom is 0.0689 e. The van der Waals surface area contributed by atoms with Gasteiger partial charge in [-0.25, -0.2) is 0 Å². The third-order valence-corrected chi connectivity index (χ3v) is 7.60. The molecule has 0 amide bonds. The van der Waals surface area contributed by atoms with Gasteiger partial charge in [-0.15, -0.1) is 0 Å². The highest BCUT2D eigenvalue weighted by Gasteiger charge is 2.35. The molecule has 1 aromatic rings. The van der Waals surface area contributed by atoms with Gasteiger partial charge in [-0.1, -0.05) is 63.8 Å². The van der Waals surface area contributed by atoms with Crippen LogP contribution in [0.1, 0.15) is 120 Å². The standard InChI is InChI=1S/C26H39N/c1-3-5-6-21-7-9-22(10-8-21)23-11-13-24(14-12-23)25-15-18-26(20-27,17-4-2)19-16-25/h11-14,21-22,25H,3-10,15-19H2,1-2H3/t21-,22-,25-,26-. The van der Waals surface area contributed by atoms with Crippen molar-refractivity contribution in [2.24, 2.45) is 11.3 Å². The SMILES string of the molecule is CCCC[C@H]1CC[C@H](c2ccc([C@H]3CC[C@@](C#N)(CCC)CC3)cc2)CC1. The van der Waals surface area contributed by atoms with Gasteiger partial charge in [-0.3, -0.25) is 0 Å². The predicted octanol–water partition coefficient (Wildman–Crippen LogP) is 8.12. The minimum absolute atomic E-state index is 0.0262. The fourth-order valence-electron chi connectivity index (χ4n) is 5.72. The van der Waals surface area contributed by atoms with Gasteiger partial charge in [0.25, 0.3) is 0 Å². The summed E-state index contributed by atoms with van der Waals surface area (Å²) in [7, 11) is 0. The van der Waals surface area contributed by atoms with E-state index in [0.717, 1.165) is 37.5 Å². The fraction of sp³-hybridized carbons (Fsp3) is 0.731. The van der Waals surface area contributed by atoms with E-state index in [-0.39, 0.29) is 5.41 Å². The first kappa shape index (κ1) is 20.4. The summed E-state index contributed by atoms with van der Waals surface area (Å²) in [5.74, 6) is 2.45. The summed E-state index contributed by atoms with van der Waals surface area (Å²) in [4.78, 5) is 0. The van der Waals surface area contributed by atoms with Crippen molar-refractivity contribution < 1.29 is 0 Å². The number of unbranched alkanes of at least 4 members (excludes halogenated alkanes) is 1. The molecule has 2 saturated carbocycles. The van der Waals surface area contributed by atoms with Crippen LogP contribution in [0, 0.1) is 22.7 Å². The molecule has 2 aliphatic carbocycles. The van der Waals surface area contributed by atoms with Crippen molar-refractivity contribution in [3.05, 3.63) is 35.4 Å². The lowest BCUT2D eigenvalue weighted by molar-refractivity contribution is 0.228. The van der Waals surface area contributed by atoms with E-state index in [4.69, 9.17) is 0 Å². The molecule has 2 aliphatic rings. The molecule has 0 spiro atoms. The Hall–Kier alpha value is -1.29. The molecule has 0 atom stereocenters. The maximum absolute atomic E-state index is 9.63. The number of nitriles is 1. The topological polar surface area (TPSA) is 23.8 Å². The van der Waals surface area contributed by atoms with Crippen LogP contribution in [0.25, 0.3) is 0 Å². The molecular weight excluding hydrogens is 326 g/mol. The van der Waals surface area contributed by atoms with Gasteiger partial charge in [0.2, 0.25) is 0 Å². The van der Waals surface area contributed by atoms with Crippen molar-refractivity contribution in [3.8, 4) is 6.07 Å². The Balaban J connectivity index is 1.52. The molecule has 0 heterocycles. The number of hydrogen-bond donors (Lipinski definition) is 0. The van der Waals surface area contributed by atoms with E-state index in [2.05, 4.69) is 44.2 Å². The lowest BCUT2D eigenvalue weighted by Gasteiger charge is -2.35. The third-order valence-electron chi connectivity index (χ3n) is 7.60. The molecule has 0 aromatic heterocycles. The monoisotopic (exact) mass is 365 g/mol. The summed E-state index contributed by atoms with van der Waals surface area (Å²) < 4.78 is 0. The zero-order chi connectivity index (χ0) is 19.1. The second-order valence-electron chi connectivity index (χ2n) is 9.44. The second kappa shape index (κ2) is 9.77. The summed E-state index contributed by atoms with van der Waals surface area (Å²) in [5.41, 5.74) is 3.06. The van der Waals surface area contributed by atoms with E-state index < -0.39 is 0 Å². The lowest BCUT2D eigenvalue weighted by atomic mass is 9.67. The van der Waals surface area contributed by atoms with Crippen LogP contribution in [0.5, 0.6) is 0 Å². The first-order valence-corrected chi connectivity index (χ1v) is 11.7. The highest BCUT2D eigenvalue weighted by atomic mass is 14.4. The Morgan fingerprint density at radius 3 is 1.89 bits per heavy atom. The quantitative estimate of drug-likeness (QED) is 0.478. The molecule has 0 bridgehead atoms. The maximum atomic E-state index is 9.63. The van der Waals surface area contributed by atoms with Crippen molar-refractivity contribution in [1.29, 1.82) is 5.26 Å². The van der Waals surface area contributed by atoms with Gasteiger partial charge < -0.3 is 0 Å². The molecule has 1 aromatic carbocycles. The van der Waals surface area contributed by atoms with E-state index in [1.165, 1.54) is 63.4 Å². The smallest absolute Gasteiger partial charge is 0.0689 e. The average molecular weight is 366 g/mol. The molecule has 1 heteroatoms. The molecule has 0 aliphatic heterocycles. The highest BCUT2D eigenvalue weighted by molar-refractivity contribution is 5.28. The average Bonchev–Trinajstić information content (AvgIpc) is 2.73. The summed E-state index contributed by atoms with van der Waals surface area (Å²) in [6.45, 7) is 4.52. The molecular formula is C26H39N. The summed E-state index contributed by atoms with van der Waals surface area (Å²) in [5, 5.41) is 9.63. The summed E-state index contributed by atoms with van der Waals surface area (Å²) in [6, 6.07) is 12.3. The Bertz CT molecular complexity index is 592. The molecule has 148 valence electrons. The Labute approximate surface area is 167 Å². The van der Waals surface area contributed by atoms with E-state index in [1.807, 2.05) is 0 Å². The number of rotatable bonds is 7. The molecule has 0 saturated heterocycles. The van der Waals surface area contributed by atoms with Crippen molar-refractivity contribution in [1.82, 2.24) is 0 Å². The Morgan fingerprint density at radius 1 is 0.852 bits per heavy atom. The molecule has 0 radical (unpaired) electrons. The molecule has 3 rings (SSSR count). The summed E-state index contributed by atoms with van der Waals surface area (Å²) >= 11 is 0. The van der Waals surface area contributed by atoms with Crippen LogP contribution >= 0.6 is 0 Å². The number of hydrogen-bond acceptors (Lipinski definition) is 1. The Kier molecular flexibility index (Phi) is 7.40. The van der Waals surface area contributed by atoms with E-state index >= 15 is 0 Å². The van der Waals surface area contributed by atoms with Crippen molar-refractivity contribution in [2.45, 2.75) is 109 Å². The normalized spacial score (nSPS) is 31.4. The van der Waals surface area contributed by atoms with Gasteiger partial charge in [-0.2, -0.15) is 5.26 Å². The van der Waals surface area contributed by atoms with Crippen LogP contribution in [-0.2, 0) is 0 Å². The van der Waals surface area contributed by atoms with Crippen LogP contribution in [0.4, 0.5) is 0 Å². The fourth-order valence-corrected chi connectivity index (χ4v) is 5.72. The predicted molar refractivity (Wildman–Crippen MR) is 115 cm³/mol. The van der Waals surface area contributed by atoms with Gasteiger partial charge in [0, 0.05) is 0 Å². The minimum Gasteiger partial charge on any atom is -0.198 e. The zero-order valence-corrected chi connectivity index (χ0v) is 17.7. The van der Waals surface area contributed by atoms with Gasteiger partial charge >= 0.3 is 0 Å². The summed E-state index contributed by atoms with van der Waals surface area (Å²) in [6.07, 6.45) is 16.6. The second-order valence-corrected chi connectivity index (χ2v) is 9.44. The molecule has 0 unspecified atom stereocenters. The van der Waals surface area contributed by atoms with Crippen LogP contribution in [0.15, 0.2) is 24.3 Å². The highest BCUT2D eigenvalue weighted by Crippen LogP contribution is 2.45. The first-order valence-electron chi connectivity index (χ1n) is 11.7. The van der Waals surface area contributed by atoms with Crippen molar-refractivity contribution >= 4 is 0 Å². The van der Waals surface area contributed by atoms with Gasteiger partial charge in [0.15, 0.2) is 0 Å². The molecule has 27 heavy (non-hydrogen) atoms. The van der Waals surface area contributed by atoms with Crippen molar-refractivity contribution in [2.75, 3.05) is 0 Å². The van der Waals surface area contributed by atoms with Gasteiger partial charge in [-0.05, 0) is 86.7 Å². The zero-order valence-electron chi connectivity index (χ0n) is 17.7. The van der Waals surface area contributed by atoms with E-state index in [0.29, 0.717) is 5.92 Å². The number of benzene rings is 1. The Morgan fingerprint density at radius 2 is 1.41 bits per heavy atom. The molecule has 1 nitrogen and oxygen atoms in total. The van der Waals surface area contributed by atoms with Crippen LogP contribution < -0.4 is 0 Å². The molecule has 0 N–H and O–H groups in total. The largest absolute Gasteiger partial charge is 0.198 e. The van der Waals surface area contributed by atoms with E-state index in [1.54, 1.807) is 5.56 Å². The lowest BCUT2D eigenvalue weighted by Crippen LogP contribution is -2.25. The third kappa shape index (κ3) is 5.16. The number of nitrogens with zero attached hydrogens (tertiary/aromatic N) is 1.